The summed E-state index contributed by atoms with van der Waals surface area (Å²) in [4.78, 5) is 21.0. The van der Waals surface area contributed by atoms with Gasteiger partial charge in [0.15, 0.2) is 0 Å². The van der Waals surface area contributed by atoms with Gasteiger partial charge in [0, 0.05) is 0 Å². The van der Waals surface area contributed by atoms with Crippen LogP contribution >= 0.6 is 0 Å². The summed E-state index contributed by atoms with van der Waals surface area (Å²) >= 11 is 0. The Morgan fingerprint density at radius 2 is 1.93 bits per heavy atom. The van der Waals surface area contributed by atoms with E-state index in [0.717, 1.165) is 6.42 Å². The maximum absolute atomic E-state index is 11.6. The first-order chi connectivity index (χ1) is 6.88. The zero-order valence-electron chi connectivity index (χ0n) is 8.19. The van der Waals surface area contributed by atoms with Gasteiger partial charge >= 0.3 is 18.1 Å². The topological polar surface area (TPSA) is 55.4 Å². The van der Waals surface area contributed by atoms with Crippen molar-refractivity contribution < 1.29 is 27.5 Å². The van der Waals surface area contributed by atoms with Crippen LogP contribution in [0.25, 0.3) is 0 Å². The van der Waals surface area contributed by atoms with Crippen LogP contribution in [0.1, 0.15) is 19.8 Å². The summed E-state index contributed by atoms with van der Waals surface area (Å²) in [6, 6.07) is 0. The molecule has 0 bridgehead atoms. The highest BCUT2D eigenvalue weighted by Crippen LogP contribution is 2.13. The Morgan fingerprint density at radius 3 is 2.40 bits per heavy atom. The fourth-order valence-electron chi connectivity index (χ4n) is 0.634. The third kappa shape index (κ3) is 6.75. The van der Waals surface area contributed by atoms with Gasteiger partial charge in [-0.2, -0.15) is 13.2 Å². The second-order valence-electron chi connectivity index (χ2n) is 2.75. The first-order valence-electron chi connectivity index (χ1n) is 4.38. The van der Waals surface area contributed by atoms with Gasteiger partial charge in [-0.05, 0) is 6.42 Å². The first-order valence-corrected chi connectivity index (χ1v) is 4.38. The molecule has 0 radical (unpaired) electrons. The molecule has 0 atom stereocenters. The van der Waals surface area contributed by atoms with Crippen molar-refractivity contribution in [3.63, 3.8) is 0 Å². The minimum Gasteiger partial charge on any atom is -0.464 e. The molecule has 0 aromatic rings. The average molecular weight is 227 g/mol. The molecule has 88 valence electrons. The van der Waals surface area contributed by atoms with E-state index in [1.807, 2.05) is 6.92 Å². The standard InChI is InChI=1S/C8H12F3NO3/c1-2-3-4-15-6(13)5-12-7(14)8(9,10)11/h2-5H2,1H3,(H,12,14). The molecule has 4 nitrogen and oxygen atoms in total. The predicted octanol–water partition coefficient (Wildman–Crippen LogP) is 1.01. The van der Waals surface area contributed by atoms with E-state index in [0.29, 0.717) is 6.42 Å². The summed E-state index contributed by atoms with van der Waals surface area (Å²) in [6.07, 6.45) is -3.52. The molecule has 0 saturated heterocycles. The van der Waals surface area contributed by atoms with Crippen molar-refractivity contribution in [2.24, 2.45) is 0 Å². The maximum Gasteiger partial charge on any atom is 0.471 e. The zero-order chi connectivity index (χ0) is 11.9. The number of hydrogen-bond donors (Lipinski definition) is 1. The Kier molecular flexibility index (Phi) is 5.73. The van der Waals surface area contributed by atoms with Crippen molar-refractivity contribution in [2.45, 2.75) is 25.9 Å². The number of halogens is 3. The maximum atomic E-state index is 11.6. The highest BCUT2D eigenvalue weighted by molar-refractivity contribution is 5.85. The molecule has 0 aromatic carbocycles. The highest BCUT2D eigenvalue weighted by Gasteiger charge is 2.38. The minimum atomic E-state index is -4.97. The molecule has 1 amide bonds. The van der Waals surface area contributed by atoms with E-state index in [2.05, 4.69) is 4.74 Å². The summed E-state index contributed by atoms with van der Waals surface area (Å²) in [7, 11) is 0. The van der Waals surface area contributed by atoms with Gasteiger partial charge in [-0.25, -0.2) is 0 Å². The lowest BCUT2D eigenvalue weighted by atomic mass is 10.4. The largest absolute Gasteiger partial charge is 0.471 e. The zero-order valence-corrected chi connectivity index (χ0v) is 8.19. The quantitative estimate of drug-likeness (QED) is 0.563. The summed E-state index contributed by atoms with van der Waals surface area (Å²) < 4.78 is 39.5. The fourth-order valence-corrected chi connectivity index (χ4v) is 0.634. The number of carbonyl (C=O) groups excluding carboxylic acids is 2. The lowest BCUT2D eigenvalue weighted by Crippen LogP contribution is -2.40. The lowest BCUT2D eigenvalue weighted by Gasteiger charge is -2.07. The number of nitrogens with one attached hydrogen (secondary N) is 1. The van der Waals surface area contributed by atoms with Crippen LogP contribution in [-0.4, -0.2) is 31.2 Å². The molecule has 0 spiro atoms. The molecule has 0 rings (SSSR count). The molecule has 0 unspecified atom stereocenters. The van der Waals surface area contributed by atoms with Gasteiger partial charge in [0.2, 0.25) is 0 Å². The van der Waals surface area contributed by atoms with Crippen molar-refractivity contribution in [1.82, 2.24) is 5.32 Å². The minimum absolute atomic E-state index is 0.150. The van der Waals surface area contributed by atoms with Crippen molar-refractivity contribution in [2.75, 3.05) is 13.2 Å². The molecular formula is C8H12F3NO3. The van der Waals surface area contributed by atoms with Gasteiger partial charge < -0.3 is 10.1 Å². The number of alkyl halides is 3. The number of esters is 1. The number of rotatable bonds is 5. The third-order valence-corrected chi connectivity index (χ3v) is 1.41. The van der Waals surface area contributed by atoms with Crippen molar-refractivity contribution in [3.8, 4) is 0 Å². The molecule has 0 saturated carbocycles. The molecule has 0 heterocycles. The summed E-state index contributed by atoms with van der Waals surface area (Å²) in [5, 5.41) is 1.41. The van der Waals surface area contributed by atoms with Crippen LogP contribution in [0.2, 0.25) is 0 Å². The Bertz CT molecular complexity index is 228. The Labute approximate surface area is 84.8 Å². The molecule has 0 aliphatic rings. The molecule has 7 heteroatoms. The van der Waals surface area contributed by atoms with E-state index >= 15 is 0 Å². The number of amides is 1. The van der Waals surface area contributed by atoms with Gasteiger partial charge in [-0.1, -0.05) is 13.3 Å². The molecule has 0 aromatic heterocycles. The third-order valence-electron chi connectivity index (χ3n) is 1.41. The Morgan fingerprint density at radius 1 is 1.33 bits per heavy atom. The van der Waals surface area contributed by atoms with Crippen molar-refractivity contribution >= 4 is 11.9 Å². The normalized spacial score (nSPS) is 10.9. The molecule has 15 heavy (non-hydrogen) atoms. The highest BCUT2D eigenvalue weighted by atomic mass is 19.4. The van der Waals surface area contributed by atoms with E-state index in [1.54, 1.807) is 0 Å². The number of ether oxygens (including phenoxy) is 1. The summed E-state index contributed by atoms with van der Waals surface area (Å²) in [6.45, 7) is 1.26. The van der Waals surface area contributed by atoms with Crippen LogP contribution in [0.3, 0.4) is 0 Å². The summed E-state index contributed by atoms with van der Waals surface area (Å²) in [5.41, 5.74) is 0. The summed E-state index contributed by atoms with van der Waals surface area (Å²) in [5.74, 6) is -3.02. The van der Waals surface area contributed by atoms with Gasteiger partial charge in [-0.15, -0.1) is 0 Å². The van der Waals surface area contributed by atoms with E-state index in [4.69, 9.17) is 0 Å². The van der Waals surface area contributed by atoms with Crippen molar-refractivity contribution in [1.29, 1.82) is 0 Å². The van der Waals surface area contributed by atoms with Crippen molar-refractivity contribution in [3.05, 3.63) is 0 Å². The average Bonchev–Trinajstić information content (AvgIpc) is 2.13. The Hall–Kier alpha value is -1.27. The molecular weight excluding hydrogens is 215 g/mol. The number of hydrogen-bond acceptors (Lipinski definition) is 3. The van der Waals surface area contributed by atoms with Crippen LogP contribution in [0.5, 0.6) is 0 Å². The molecule has 0 aliphatic heterocycles. The second kappa shape index (κ2) is 6.26. The lowest BCUT2D eigenvalue weighted by molar-refractivity contribution is -0.174. The first kappa shape index (κ1) is 13.7. The second-order valence-corrected chi connectivity index (χ2v) is 2.75. The van der Waals surface area contributed by atoms with Crippen LogP contribution in [-0.2, 0) is 14.3 Å². The smallest absolute Gasteiger partial charge is 0.464 e. The number of unbranched alkanes of at least 4 members (excludes halogenated alkanes) is 1. The predicted molar refractivity (Wildman–Crippen MR) is 44.9 cm³/mol. The van der Waals surface area contributed by atoms with Gasteiger partial charge in [0.05, 0.1) is 6.61 Å². The van der Waals surface area contributed by atoms with Gasteiger partial charge in [0.1, 0.15) is 6.54 Å². The monoisotopic (exact) mass is 227 g/mol. The van der Waals surface area contributed by atoms with Gasteiger partial charge in [-0.3, -0.25) is 9.59 Å². The molecule has 1 N–H and O–H groups in total. The van der Waals surface area contributed by atoms with E-state index in [1.165, 1.54) is 5.32 Å². The van der Waals surface area contributed by atoms with Gasteiger partial charge in [0.25, 0.3) is 0 Å². The Balaban J connectivity index is 3.67. The molecule has 0 aliphatic carbocycles. The van der Waals surface area contributed by atoms with E-state index < -0.39 is 24.6 Å². The van der Waals surface area contributed by atoms with Crippen LogP contribution in [0.15, 0.2) is 0 Å². The van der Waals surface area contributed by atoms with Crippen LogP contribution in [0.4, 0.5) is 13.2 Å². The van der Waals surface area contributed by atoms with Crippen LogP contribution in [0, 0.1) is 0 Å². The van der Waals surface area contributed by atoms with E-state index in [-0.39, 0.29) is 6.61 Å². The number of carbonyl (C=O) groups is 2. The fraction of sp³-hybridized carbons (Fsp3) is 0.750. The molecule has 0 fully saturated rings. The van der Waals surface area contributed by atoms with E-state index in [9.17, 15) is 22.8 Å². The SMILES string of the molecule is CCCCOC(=O)CNC(=O)C(F)(F)F. The van der Waals surface area contributed by atoms with Crippen LogP contribution < -0.4 is 5.32 Å².